The van der Waals surface area contributed by atoms with Gasteiger partial charge in [0.05, 0.1) is 11.1 Å². The number of anilines is 1. The Balaban J connectivity index is 0.000000333. The summed E-state index contributed by atoms with van der Waals surface area (Å²) in [5.41, 5.74) is 1.79. The molecule has 0 aliphatic carbocycles. The number of carbonyl (C=O) groups excluding carboxylic acids is 9. The van der Waals surface area contributed by atoms with Gasteiger partial charge in [-0.1, -0.05) is 76.2 Å². The average Bonchev–Trinajstić information content (AvgIpc) is 0.834. The first-order valence-electron chi connectivity index (χ1n) is 30.3. The van der Waals surface area contributed by atoms with Crippen molar-refractivity contribution in [2.24, 2.45) is 11.8 Å². The van der Waals surface area contributed by atoms with Gasteiger partial charge in [-0.25, -0.2) is 24.4 Å². The predicted octanol–water partition coefficient (Wildman–Crippen LogP) is 6.99. The van der Waals surface area contributed by atoms with Gasteiger partial charge in [-0.2, -0.15) is 0 Å². The summed E-state index contributed by atoms with van der Waals surface area (Å²) in [6.07, 6.45) is -3.16. The maximum Gasteiger partial charge on any atom is 0.410 e. The minimum Gasteiger partial charge on any atom is -0.507 e. The van der Waals surface area contributed by atoms with E-state index < -0.39 is 65.4 Å². The highest BCUT2D eigenvalue weighted by molar-refractivity contribution is 5.93. The van der Waals surface area contributed by atoms with E-state index in [1.165, 1.54) is 28.2 Å². The Bertz CT molecular complexity index is 3130. The number of phenolic OH excluding ortho intramolecular Hbond substituents is 1. The van der Waals surface area contributed by atoms with Gasteiger partial charge < -0.3 is 68.0 Å². The van der Waals surface area contributed by atoms with Crippen molar-refractivity contribution in [1.29, 1.82) is 0 Å². The molecule has 0 saturated carbocycles. The van der Waals surface area contributed by atoms with Crippen LogP contribution in [0.25, 0.3) is 22.3 Å². The number of hydrogen-bond acceptors (Lipinski definition) is 18. The third-order valence-corrected chi connectivity index (χ3v) is 14.1. The van der Waals surface area contributed by atoms with Crippen LogP contribution in [-0.4, -0.2) is 233 Å². The summed E-state index contributed by atoms with van der Waals surface area (Å²) >= 11 is 0. The number of para-hydroxylation sites is 1. The Labute approximate surface area is 528 Å². The van der Waals surface area contributed by atoms with Crippen LogP contribution in [-0.2, 0) is 59.1 Å². The van der Waals surface area contributed by atoms with Gasteiger partial charge in [-0.15, -0.1) is 0 Å². The molecule has 25 nitrogen and oxygen atoms in total. The fourth-order valence-corrected chi connectivity index (χ4v) is 9.38. The first-order valence-corrected chi connectivity index (χ1v) is 30.3. The molecule has 0 unspecified atom stereocenters. The van der Waals surface area contributed by atoms with Crippen molar-refractivity contribution in [2.45, 2.75) is 119 Å². The number of hydrogen-bond donors (Lipinski definition) is 1. The molecular weight excluding hydrogens is 1160 g/mol. The number of aryl methyl sites for hydroxylation is 1. The smallest absolute Gasteiger partial charge is 0.410 e. The van der Waals surface area contributed by atoms with Gasteiger partial charge >= 0.3 is 30.2 Å². The lowest BCUT2D eigenvalue weighted by molar-refractivity contribution is -0.163. The first kappa shape index (κ1) is 72.0. The molecule has 2 saturated heterocycles. The number of carbonyl (C=O) groups is 9. The van der Waals surface area contributed by atoms with Crippen molar-refractivity contribution >= 4 is 70.6 Å². The second kappa shape index (κ2) is 32.6. The van der Waals surface area contributed by atoms with Crippen molar-refractivity contribution in [3.05, 3.63) is 83.9 Å². The van der Waals surface area contributed by atoms with Gasteiger partial charge in [-0.3, -0.25) is 28.8 Å². The molecule has 492 valence electrons. The summed E-state index contributed by atoms with van der Waals surface area (Å²) in [6, 6.07) is 22.3. The number of nitrogens with zero attached hydrogens (tertiary/aromatic N) is 10. The number of ether oxygens (including phenoxy) is 5. The molecule has 90 heavy (non-hydrogen) atoms. The normalized spacial score (nSPS) is 14.1. The number of esters is 2. The Morgan fingerprint density at radius 3 is 1.46 bits per heavy atom. The SMILES string of the molecule is CC(C)C[C@H](OC(=O)CN(C)C(=O)CN(C)C(=O)OC(C)(C)C)C(=O)N1CCN(C(=O)OCc2ccccc2)CC1.Cc1ccc2c(N3CCN(C(=O)[C@@H](CC(C)C)OC(=O)CN(C)C(=O)CN(C)C(=O)OC(C)(C)C)CC3)nc(-c3ccccc3O)nc2c1. The molecule has 1 aromatic heterocycles. The molecule has 3 aromatic carbocycles. The fraction of sp³-hybridized carbons (Fsp3) is 0.554. The molecule has 2 aliphatic rings. The van der Waals surface area contributed by atoms with E-state index in [0.29, 0.717) is 69.3 Å². The minimum absolute atomic E-state index is 0.0628. The van der Waals surface area contributed by atoms with Gasteiger partial charge in [0, 0.05) is 85.9 Å². The molecule has 2 fully saturated rings. The summed E-state index contributed by atoms with van der Waals surface area (Å²) < 4.78 is 27.1. The molecule has 0 radical (unpaired) electrons. The maximum atomic E-state index is 13.7. The maximum absolute atomic E-state index is 13.7. The molecule has 25 heteroatoms. The second-order valence-electron chi connectivity index (χ2n) is 25.5. The number of rotatable bonds is 20. The van der Waals surface area contributed by atoms with Crippen molar-refractivity contribution in [3.8, 4) is 17.1 Å². The number of phenols is 1. The number of benzene rings is 3. The lowest BCUT2D eigenvalue weighted by Gasteiger charge is -2.37. The van der Waals surface area contributed by atoms with Gasteiger partial charge in [0.2, 0.25) is 11.8 Å². The number of likely N-dealkylation sites (N-methyl/N-ethyl adjacent to an activating group) is 4. The predicted molar refractivity (Wildman–Crippen MR) is 337 cm³/mol. The standard InChI is InChI=1S/C36H48N6O7.C29H44N4O8/c1-23(2)19-29(48-31(45)22-39(7)30(44)21-40(8)35(47)49-36(4,5)6)34(46)42-17-15-41(16-18-42)33-25-14-13-24(3)20-27(25)37-32(38-33)26-11-9-10-12-28(26)43;1-21(2)17-23(40-25(35)19-30(6)24(34)18-31(7)27(37)41-29(3,4)5)26(36)32-13-15-33(16-14-32)28(38)39-20-22-11-9-8-10-12-22/h9-14,20,23,29,43H,15-19,21-22H2,1-8H3;8-12,21,23H,13-20H2,1-7H3/t29-;23-/m10/s1. The highest BCUT2D eigenvalue weighted by Crippen LogP contribution is 2.33. The van der Waals surface area contributed by atoms with E-state index in [1.807, 2.05) is 89.2 Å². The fourth-order valence-electron chi connectivity index (χ4n) is 9.38. The quantitative estimate of drug-likeness (QED) is 0.0689. The molecular formula is C65H92N10O15. The number of fused-ring (bicyclic) bond motifs is 1. The third-order valence-electron chi connectivity index (χ3n) is 14.1. The zero-order valence-electron chi connectivity index (χ0n) is 55.0. The minimum atomic E-state index is -1.02. The topological polar surface area (TPSA) is 272 Å². The highest BCUT2D eigenvalue weighted by Gasteiger charge is 2.35. The van der Waals surface area contributed by atoms with Gasteiger partial charge in [0.25, 0.3) is 11.8 Å². The lowest BCUT2D eigenvalue weighted by atomic mass is 10.0. The molecule has 7 amide bonds. The van der Waals surface area contributed by atoms with Crippen LogP contribution in [0.15, 0.2) is 72.8 Å². The van der Waals surface area contributed by atoms with E-state index in [4.69, 9.17) is 33.7 Å². The van der Waals surface area contributed by atoms with E-state index in [-0.39, 0.29) is 75.3 Å². The van der Waals surface area contributed by atoms with E-state index in [9.17, 15) is 48.3 Å². The van der Waals surface area contributed by atoms with E-state index in [0.717, 1.165) is 41.6 Å². The molecule has 0 spiro atoms. The number of aromatic nitrogens is 2. The van der Waals surface area contributed by atoms with Gasteiger partial charge in [0.15, 0.2) is 18.0 Å². The van der Waals surface area contributed by atoms with Gasteiger partial charge in [-0.05, 0) is 109 Å². The Morgan fingerprint density at radius 1 is 0.556 bits per heavy atom. The van der Waals surface area contributed by atoms with Crippen LogP contribution in [0.5, 0.6) is 5.75 Å². The van der Waals surface area contributed by atoms with E-state index in [1.54, 1.807) is 74.4 Å². The summed E-state index contributed by atoms with van der Waals surface area (Å²) in [7, 11) is 5.73. The van der Waals surface area contributed by atoms with Crippen LogP contribution in [0.1, 0.15) is 93.2 Å². The highest BCUT2D eigenvalue weighted by atomic mass is 16.6. The monoisotopic (exact) mass is 1250 g/mol. The van der Waals surface area contributed by atoms with Gasteiger partial charge in [0.1, 0.15) is 55.6 Å². The molecule has 4 aromatic rings. The molecule has 2 atom stereocenters. The number of piperazine rings is 2. The Kier molecular flexibility index (Phi) is 26.1. The molecule has 6 rings (SSSR count). The summed E-state index contributed by atoms with van der Waals surface area (Å²) in [4.78, 5) is 136. The van der Waals surface area contributed by atoms with Crippen molar-refractivity contribution in [1.82, 2.24) is 44.3 Å². The number of amides is 7. The zero-order valence-corrected chi connectivity index (χ0v) is 55.0. The zero-order chi connectivity index (χ0) is 66.8. The second-order valence-corrected chi connectivity index (χ2v) is 25.5. The van der Waals surface area contributed by atoms with Crippen LogP contribution in [0.3, 0.4) is 0 Å². The molecule has 2 aliphatic heterocycles. The largest absolute Gasteiger partial charge is 0.507 e. The van der Waals surface area contributed by atoms with Crippen LogP contribution >= 0.6 is 0 Å². The molecule has 1 N–H and O–H groups in total. The van der Waals surface area contributed by atoms with Crippen LogP contribution in [0.2, 0.25) is 0 Å². The number of aromatic hydroxyl groups is 1. The van der Waals surface area contributed by atoms with Crippen molar-refractivity contribution < 1.29 is 71.9 Å². The van der Waals surface area contributed by atoms with Crippen LogP contribution < -0.4 is 4.90 Å². The summed E-state index contributed by atoms with van der Waals surface area (Å²) in [5, 5.41) is 11.4. The average molecular weight is 1250 g/mol. The Hall–Kier alpha value is -8.77. The lowest BCUT2D eigenvalue weighted by Crippen LogP contribution is -2.54. The summed E-state index contributed by atoms with van der Waals surface area (Å²) in [5.74, 6) is -1.72. The third kappa shape index (κ3) is 22.7. The van der Waals surface area contributed by atoms with E-state index in [2.05, 4.69) is 4.90 Å². The van der Waals surface area contributed by atoms with Crippen LogP contribution in [0.4, 0.5) is 20.2 Å². The first-order chi connectivity index (χ1) is 42.2. The summed E-state index contributed by atoms with van der Waals surface area (Å²) in [6.45, 7) is 21.8. The Morgan fingerprint density at radius 2 is 1.00 bits per heavy atom. The van der Waals surface area contributed by atoms with Crippen molar-refractivity contribution in [3.63, 3.8) is 0 Å². The van der Waals surface area contributed by atoms with E-state index >= 15 is 0 Å². The van der Waals surface area contributed by atoms with Crippen molar-refractivity contribution in [2.75, 3.05) is 112 Å². The molecule has 0 bridgehead atoms. The van der Waals surface area contributed by atoms with Crippen LogP contribution in [0, 0.1) is 18.8 Å². The molecule has 3 heterocycles.